The minimum absolute atomic E-state index is 0.0288. The van der Waals surface area contributed by atoms with Gasteiger partial charge in [0, 0.05) is 24.1 Å². The van der Waals surface area contributed by atoms with Crippen molar-refractivity contribution in [1.82, 2.24) is 20.5 Å². The topological polar surface area (TPSA) is 124 Å². The van der Waals surface area contributed by atoms with Crippen molar-refractivity contribution in [2.45, 2.75) is 45.8 Å². The van der Waals surface area contributed by atoms with Crippen molar-refractivity contribution in [3.8, 4) is 0 Å². The molecule has 28 heavy (non-hydrogen) atoms. The van der Waals surface area contributed by atoms with Crippen molar-refractivity contribution in [3.05, 3.63) is 53.4 Å². The molecule has 1 heterocycles. The number of aliphatic hydroxyl groups is 1. The highest BCUT2D eigenvalue weighted by molar-refractivity contribution is 5.90. The number of benzene rings is 1. The Labute approximate surface area is 164 Å². The lowest BCUT2D eigenvalue weighted by molar-refractivity contribution is -0.124. The zero-order valence-corrected chi connectivity index (χ0v) is 16.2. The smallest absolute Gasteiger partial charge is 0.267 e. The van der Waals surface area contributed by atoms with E-state index in [1.54, 1.807) is 22.4 Å². The van der Waals surface area contributed by atoms with Gasteiger partial charge in [0.15, 0.2) is 0 Å². The lowest BCUT2D eigenvalue weighted by Crippen LogP contribution is -2.21. The number of amides is 1. The SMILES string of the molecule is CCC(O)c1cn(C[C@@H](CC)C(=N)Cc2ccc(/C=C/C(=O)NO)cc2)nn1. The second kappa shape index (κ2) is 10.5. The largest absolute Gasteiger partial charge is 0.387 e. The number of hydroxylamine groups is 1. The fourth-order valence-corrected chi connectivity index (χ4v) is 2.80. The van der Waals surface area contributed by atoms with E-state index in [-0.39, 0.29) is 5.92 Å². The van der Waals surface area contributed by atoms with Crippen LogP contribution in [0.25, 0.3) is 6.08 Å². The number of nitrogens with zero attached hydrogens (tertiary/aromatic N) is 3. The van der Waals surface area contributed by atoms with Crippen molar-refractivity contribution < 1.29 is 15.1 Å². The van der Waals surface area contributed by atoms with Gasteiger partial charge in [-0.05, 0) is 30.0 Å². The molecule has 0 radical (unpaired) electrons. The lowest BCUT2D eigenvalue weighted by Gasteiger charge is -2.16. The maximum atomic E-state index is 11.0. The van der Waals surface area contributed by atoms with Gasteiger partial charge in [0.05, 0.1) is 18.8 Å². The summed E-state index contributed by atoms with van der Waals surface area (Å²) in [4.78, 5) is 11.0. The molecule has 4 N–H and O–H groups in total. The molecule has 8 heteroatoms. The van der Waals surface area contributed by atoms with Gasteiger partial charge in [-0.1, -0.05) is 43.3 Å². The molecular formula is C20H27N5O3. The molecule has 0 fully saturated rings. The van der Waals surface area contributed by atoms with Gasteiger partial charge in [-0.2, -0.15) is 0 Å². The molecule has 0 bridgehead atoms. The highest BCUT2D eigenvalue weighted by atomic mass is 16.5. The Bertz CT molecular complexity index is 814. The fourth-order valence-electron chi connectivity index (χ4n) is 2.80. The van der Waals surface area contributed by atoms with Crippen molar-refractivity contribution in [3.63, 3.8) is 0 Å². The van der Waals surface area contributed by atoms with Crippen LogP contribution in [0.4, 0.5) is 0 Å². The van der Waals surface area contributed by atoms with Gasteiger partial charge in [0.2, 0.25) is 0 Å². The van der Waals surface area contributed by atoms with Crippen molar-refractivity contribution in [2.75, 3.05) is 0 Å². The summed E-state index contributed by atoms with van der Waals surface area (Å²) >= 11 is 0. The van der Waals surface area contributed by atoms with Crippen molar-refractivity contribution in [1.29, 1.82) is 5.41 Å². The quantitative estimate of drug-likeness (QED) is 0.216. The number of carbonyl (C=O) groups is 1. The van der Waals surface area contributed by atoms with E-state index in [2.05, 4.69) is 10.3 Å². The van der Waals surface area contributed by atoms with E-state index in [4.69, 9.17) is 10.6 Å². The highest BCUT2D eigenvalue weighted by Gasteiger charge is 2.16. The summed E-state index contributed by atoms with van der Waals surface area (Å²) in [5, 5.41) is 34.9. The summed E-state index contributed by atoms with van der Waals surface area (Å²) in [5.41, 5.74) is 4.55. The van der Waals surface area contributed by atoms with Crippen molar-refractivity contribution in [2.24, 2.45) is 5.92 Å². The Morgan fingerprint density at radius 3 is 2.61 bits per heavy atom. The highest BCUT2D eigenvalue weighted by Crippen LogP contribution is 2.16. The van der Waals surface area contributed by atoms with Crippen LogP contribution in [0.2, 0.25) is 0 Å². The first-order valence-corrected chi connectivity index (χ1v) is 9.33. The van der Waals surface area contributed by atoms with Crippen LogP contribution in [0.3, 0.4) is 0 Å². The summed E-state index contributed by atoms with van der Waals surface area (Å²) < 4.78 is 1.69. The summed E-state index contributed by atoms with van der Waals surface area (Å²) in [7, 11) is 0. The Morgan fingerprint density at radius 2 is 2.00 bits per heavy atom. The number of hydrogen-bond donors (Lipinski definition) is 4. The number of nitrogens with one attached hydrogen (secondary N) is 2. The Morgan fingerprint density at radius 1 is 1.29 bits per heavy atom. The number of carbonyl (C=O) groups excluding carboxylic acids is 1. The van der Waals surface area contributed by atoms with Crippen molar-refractivity contribution >= 4 is 17.7 Å². The molecule has 0 spiro atoms. The maximum absolute atomic E-state index is 11.0. The number of aromatic nitrogens is 3. The maximum Gasteiger partial charge on any atom is 0.267 e. The predicted molar refractivity (Wildman–Crippen MR) is 106 cm³/mol. The Kier molecular flexibility index (Phi) is 8.03. The molecule has 8 nitrogen and oxygen atoms in total. The van der Waals surface area contributed by atoms with Crippen LogP contribution in [-0.2, 0) is 17.8 Å². The van der Waals surface area contributed by atoms with Crippen LogP contribution in [0.5, 0.6) is 0 Å². The van der Waals surface area contributed by atoms with Gasteiger partial charge in [0.1, 0.15) is 5.69 Å². The molecule has 0 saturated heterocycles. The van der Waals surface area contributed by atoms with E-state index in [1.807, 2.05) is 38.1 Å². The van der Waals surface area contributed by atoms with E-state index < -0.39 is 12.0 Å². The van der Waals surface area contributed by atoms with Gasteiger partial charge in [0.25, 0.3) is 5.91 Å². The third kappa shape index (κ3) is 6.11. The average molecular weight is 385 g/mol. The van der Waals surface area contributed by atoms with Crippen LogP contribution >= 0.6 is 0 Å². The number of hydrogen-bond acceptors (Lipinski definition) is 6. The van der Waals surface area contributed by atoms with Crippen LogP contribution in [-0.4, -0.2) is 36.9 Å². The van der Waals surface area contributed by atoms with Gasteiger partial charge in [-0.15, -0.1) is 5.10 Å². The van der Waals surface area contributed by atoms with Gasteiger partial charge in [-0.3, -0.25) is 14.7 Å². The van der Waals surface area contributed by atoms with Gasteiger partial charge in [-0.25, -0.2) is 5.48 Å². The molecule has 1 unspecified atom stereocenters. The van der Waals surface area contributed by atoms with E-state index in [9.17, 15) is 9.90 Å². The Balaban J connectivity index is 1.97. The first-order valence-electron chi connectivity index (χ1n) is 9.33. The molecule has 0 saturated carbocycles. The first kappa shape index (κ1) is 21.5. The van der Waals surface area contributed by atoms with Crippen LogP contribution in [0.15, 0.2) is 36.5 Å². The van der Waals surface area contributed by atoms with E-state index in [0.29, 0.717) is 30.8 Å². The summed E-state index contributed by atoms with van der Waals surface area (Å²) in [6.45, 7) is 4.48. The third-order valence-electron chi connectivity index (χ3n) is 4.59. The molecule has 2 aromatic rings. The average Bonchev–Trinajstić information content (AvgIpc) is 3.19. The second-order valence-electron chi connectivity index (χ2n) is 6.65. The molecular weight excluding hydrogens is 358 g/mol. The zero-order valence-electron chi connectivity index (χ0n) is 16.2. The molecule has 1 amide bonds. The summed E-state index contributed by atoms with van der Waals surface area (Å²) in [5.74, 6) is -0.555. The third-order valence-corrected chi connectivity index (χ3v) is 4.59. The minimum atomic E-state index is -0.607. The summed E-state index contributed by atoms with van der Waals surface area (Å²) in [6.07, 6.45) is 5.90. The molecule has 0 aliphatic heterocycles. The van der Waals surface area contributed by atoms with E-state index >= 15 is 0 Å². The molecule has 2 rings (SSSR count). The lowest BCUT2D eigenvalue weighted by atomic mass is 9.94. The van der Waals surface area contributed by atoms with E-state index in [0.717, 1.165) is 17.5 Å². The second-order valence-corrected chi connectivity index (χ2v) is 6.65. The summed E-state index contributed by atoms with van der Waals surface area (Å²) in [6, 6.07) is 7.56. The minimum Gasteiger partial charge on any atom is -0.387 e. The van der Waals surface area contributed by atoms with Gasteiger partial charge < -0.3 is 10.5 Å². The molecule has 1 aromatic carbocycles. The standard InChI is InChI=1S/C20H27N5O3/c1-3-16(12-25-13-18(22-24-25)19(26)4-2)17(21)11-15-7-5-14(6-8-15)9-10-20(27)23-28/h5-10,13,16,19,21,26,28H,3-4,11-12H2,1-2H3,(H,23,27)/b10-9+,21-17?/t16-,19?/m1/s1. The van der Waals surface area contributed by atoms with Crippen LogP contribution < -0.4 is 5.48 Å². The first-order chi connectivity index (χ1) is 13.5. The fraction of sp³-hybridized carbons (Fsp3) is 0.400. The van der Waals surface area contributed by atoms with Gasteiger partial charge >= 0.3 is 0 Å². The van der Waals surface area contributed by atoms with Crippen LogP contribution in [0.1, 0.15) is 49.6 Å². The molecule has 2 atom stereocenters. The zero-order chi connectivity index (χ0) is 20.5. The van der Waals surface area contributed by atoms with Crippen LogP contribution in [0, 0.1) is 11.3 Å². The molecule has 0 aliphatic rings. The Hall–Kier alpha value is -2.84. The predicted octanol–water partition coefficient (Wildman–Crippen LogP) is 2.53. The number of aliphatic hydroxyl groups excluding tert-OH is 1. The molecule has 150 valence electrons. The molecule has 0 aliphatic carbocycles. The van der Waals surface area contributed by atoms with E-state index in [1.165, 1.54) is 6.08 Å². The number of rotatable bonds is 10. The normalized spacial score (nSPS) is 13.4. The molecule has 1 aromatic heterocycles. The monoisotopic (exact) mass is 385 g/mol.